The number of aromatic nitrogens is 4. The molecule has 28 heavy (non-hydrogen) atoms. The Labute approximate surface area is 165 Å². The molecule has 3 aromatic rings. The third kappa shape index (κ3) is 3.70. The molecule has 1 aliphatic heterocycles. The van der Waals surface area contributed by atoms with Crippen LogP contribution in [0, 0.1) is 5.82 Å². The fourth-order valence-electron chi connectivity index (χ4n) is 3.42. The average molecular weight is 404 g/mol. The summed E-state index contributed by atoms with van der Waals surface area (Å²) in [6.07, 6.45) is 6.65. The Morgan fingerprint density at radius 3 is 3.00 bits per heavy atom. The van der Waals surface area contributed by atoms with Gasteiger partial charge in [-0.05, 0) is 25.3 Å². The van der Waals surface area contributed by atoms with Crippen LogP contribution < -0.4 is 11.1 Å². The maximum Gasteiger partial charge on any atom is 0.314 e. The van der Waals surface area contributed by atoms with Crippen LogP contribution in [0.25, 0.3) is 22.4 Å². The minimum absolute atomic E-state index is 0.0133. The fraction of sp³-hybridized carbons (Fsp3) is 0.333. The first-order valence-corrected chi connectivity index (χ1v) is 9.35. The lowest BCUT2D eigenvalue weighted by Crippen LogP contribution is -2.36. The molecule has 0 aromatic carbocycles. The van der Waals surface area contributed by atoms with Crippen LogP contribution in [0.3, 0.4) is 0 Å². The Hall–Kier alpha value is -2.94. The monoisotopic (exact) mass is 403 g/mol. The molecular formula is C18H19ClFN7O. The number of hydrogen-bond acceptors (Lipinski definition) is 5. The molecule has 10 heteroatoms. The Bertz CT molecular complexity index is 1020. The second-order valence-corrected chi connectivity index (χ2v) is 7.18. The molecule has 1 saturated heterocycles. The molecule has 1 aliphatic rings. The normalized spacial score (nSPS) is 17.5. The van der Waals surface area contributed by atoms with Gasteiger partial charge in [0.25, 0.3) is 0 Å². The summed E-state index contributed by atoms with van der Waals surface area (Å²) in [7, 11) is 0. The van der Waals surface area contributed by atoms with Crippen LogP contribution >= 0.6 is 11.6 Å². The van der Waals surface area contributed by atoms with Crippen molar-refractivity contribution in [3.05, 3.63) is 35.5 Å². The molecule has 1 unspecified atom stereocenters. The van der Waals surface area contributed by atoms with Crippen molar-refractivity contribution in [2.45, 2.75) is 25.3 Å². The third-order valence-corrected chi connectivity index (χ3v) is 5.07. The number of carbonyl (C=O) groups excluding carboxylic acids is 1. The van der Waals surface area contributed by atoms with Crippen molar-refractivity contribution >= 4 is 34.5 Å². The third-order valence-electron chi connectivity index (χ3n) is 4.86. The van der Waals surface area contributed by atoms with Crippen LogP contribution in [-0.4, -0.2) is 50.0 Å². The van der Waals surface area contributed by atoms with E-state index in [-0.39, 0.29) is 11.9 Å². The molecule has 4 heterocycles. The van der Waals surface area contributed by atoms with Gasteiger partial charge in [-0.25, -0.2) is 24.1 Å². The molecule has 146 valence electrons. The minimum atomic E-state index is -0.532. The maximum atomic E-state index is 14.3. The van der Waals surface area contributed by atoms with Gasteiger partial charge < -0.3 is 20.9 Å². The number of amides is 2. The summed E-state index contributed by atoms with van der Waals surface area (Å²) in [5.41, 5.74) is 6.70. The molecular weight excluding hydrogens is 385 g/mol. The summed E-state index contributed by atoms with van der Waals surface area (Å²) in [6.45, 7) is 1.13. The SMILES string of the molecule is NC(=O)N1CCCC(Nc2nc(-c3c[nH]c4ncc(Cl)cc34)ncc2F)CC1. The Balaban J connectivity index is 1.59. The number of nitrogens with one attached hydrogen (secondary N) is 2. The summed E-state index contributed by atoms with van der Waals surface area (Å²) in [6, 6.07) is 1.32. The van der Waals surface area contributed by atoms with Gasteiger partial charge in [0.2, 0.25) is 0 Å². The van der Waals surface area contributed by atoms with Crippen molar-refractivity contribution in [2.75, 3.05) is 18.4 Å². The number of carbonyl (C=O) groups is 1. The van der Waals surface area contributed by atoms with Gasteiger partial charge in [-0.1, -0.05) is 11.6 Å². The van der Waals surface area contributed by atoms with Crippen LogP contribution in [0.4, 0.5) is 15.0 Å². The van der Waals surface area contributed by atoms with Crippen molar-refractivity contribution in [1.82, 2.24) is 24.8 Å². The van der Waals surface area contributed by atoms with Gasteiger partial charge >= 0.3 is 6.03 Å². The zero-order valence-corrected chi connectivity index (χ0v) is 15.7. The topological polar surface area (TPSA) is 113 Å². The molecule has 0 bridgehead atoms. The van der Waals surface area contributed by atoms with Crippen LogP contribution in [0.1, 0.15) is 19.3 Å². The smallest absolute Gasteiger partial charge is 0.314 e. The van der Waals surface area contributed by atoms with E-state index in [1.807, 2.05) is 0 Å². The van der Waals surface area contributed by atoms with E-state index in [2.05, 4.69) is 25.3 Å². The molecule has 0 radical (unpaired) electrons. The van der Waals surface area contributed by atoms with E-state index < -0.39 is 11.8 Å². The van der Waals surface area contributed by atoms with Gasteiger partial charge in [-0.2, -0.15) is 0 Å². The Morgan fingerprint density at radius 1 is 1.32 bits per heavy atom. The first kappa shape index (κ1) is 18.4. The maximum absolute atomic E-state index is 14.3. The van der Waals surface area contributed by atoms with E-state index in [0.29, 0.717) is 41.6 Å². The number of rotatable bonds is 3. The van der Waals surface area contributed by atoms with Crippen LogP contribution in [0.2, 0.25) is 5.02 Å². The molecule has 2 amide bonds. The standard InChI is InChI=1S/C18H19ClFN7O/c19-10-6-12-13(8-23-15(12)22-7-10)16-24-9-14(20)17(26-16)25-11-2-1-4-27(5-3-11)18(21)28/h6-9,11H,1-5H2,(H2,21,28)(H,22,23)(H,24,25,26). The van der Waals surface area contributed by atoms with Gasteiger partial charge in [0.05, 0.1) is 11.2 Å². The van der Waals surface area contributed by atoms with Gasteiger partial charge in [0.1, 0.15) is 5.65 Å². The highest BCUT2D eigenvalue weighted by Gasteiger charge is 2.21. The summed E-state index contributed by atoms with van der Waals surface area (Å²) < 4.78 is 14.3. The lowest BCUT2D eigenvalue weighted by Gasteiger charge is -2.19. The number of aromatic amines is 1. The van der Waals surface area contributed by atoms with Gasteiger partial charge in [-0.3, -0.25) is 0 Å². The number of likely N-dealkylation sites (tertiary alicyclic amines) is 1. The van der Waals surface area contributed by atoms with E-state index >= 15 is 0 Å². The number of halogens is 2. The van der Waals surface area contributed by atoms with Crippen LogP contribution in [0.5, 0.6) is 0 Å². The molecule has 0 spiro atoms. The number of hydrogen-bond donors (Lipinski definition) is 3. The van der Waals surface area contributed by atoms with Crippen LogP contribution in [0.15, 0.2) is 24.7 Å². The first-order chi connectivity index (χ1) is 13.5. The number of anilines is 1. The molecule has 4 N–H and O–H groups in total. The van der Waals surface area contributed by atoms with Crippen molar-refractivity contribution in [2.24, 2.45) is 5.73 Å². The van der Waals surface area contributed by atoms with E-state index in [9.17, 15) is 9.18 Å². The number of nitrogens with zero attached hydrogens (tertiary/aromatic N) is 4. The molecule has 1 atom stereocenters. The highest BCUT2D eigenvalue weighted by atomic mass is 35.5. The number of pyridine rings is 1. The molecule has 8 nitrogen and oxygen atoms in total. The highest BCUT2D eigenvalue weighted by Crippen LogP contribution is 2.28. The summed E-state index contributed by atoms with van der Waals surface area (Å²) >= 11 is 6.04. The van der Waals surface area contributed by atoms with E-state index in [0.717, 1.165) is 24.4 Å². The van der Waals surface area contributed by atoms with Gasteiger partial charge in [0.15, 0.2) is 17.5 Å². The second-order valence-electron chi connectivity index (χ2n) is 6.74. The molecule has 0 aliphatic carbocycles. The van der Waals surface area contributed by atoms with E-state index in [4.69, 9.17) is 17.3 Å². The number of urea groups is 1. The number of nitrogens with two attached hydrogens (primary N) is 1. The predicted octanol–water partition coefficient (Wildman–Crippen LogP) is 3.16. The number of primary amides is 1. The van der Waals surface area contributed by atoms with Crippen molar-refractivity contribution in [3.8, 4) is 11.4 Å². The van der Waals surface area contributed by atoms with Gasteiger partial charge in [-0.15, -0.1) is 0 Å². The summed E-state index contributed by atoms with van der Waals surface area (Å²) in [5.74, 6) is -0.0331. The van der Waals surface area contributed by atoms with Crippen molar-refractivity contribution in [1.29, 1.82) is 0 Å². The van der Waals surface area contributed by atoms with Crippen LogP contribution in [-0.2, 0) is 0 Å². The lowest BCUT2D eigenvalue weighted by atomic mass is 10.1. The van der Waals surface area contributed by atoms with E-state index in [1.165, 1.54) is 0 Å². The molecule has 1 fully saturated rings. The summed E-state index contributed by atoms with van der Waals surface area (Å²) in [4.78, 5) is 28.7. The lowest BCUT2D eigenvalue weighted by molar-refractivity contribution is 0.209. The number of H-pyrrole nitrogens is 1. The molecule has 4 rings (SSSR count). The zero-order chi connectivity index (χ0) is 19.7. The summed E-state index contributed by atoms with van der Waals surface area (Å²) in [5, 5.41) is 4.41. The quantitative estimate of drug-likeness (QED) is 0.621. The predicted molar refractivity (Wildman–Crippen MR) is 105 cm³/mol. The molecule has 0 saturated carbocycles. The zero-order valence-electron chi connectivity index (χ0n) is 15.0. The minimum Gasteiger partial charge on any atom is -0.365 e. The Kier molecular flexibility index (Phi) is 4.99. The average Bonchev–Trinajstić information content (AvgIpc) is 2.93. The largest absolute Gasteiger partial charge is 0.365 e. The first-order valence-electron chi connectivity index (χ1n) is 8.97. The molecule has 3 aromatic heterocycles. The van der Waals surface area contributed by atoms with Crippen molar-refractivity contribution in [3.63, 3.8) is 0 Å². The fourth-order valence-corrected chi connectivity index (χ4v) is 3.57. The second kappa shape index (κ2) is 7.59. The Morgan fingerprint density at radius 2 is 2.18 bits per heavy atom. The van der Waals surface area contributed by atoms with Crippen molar-refractivity contribution < 1.29 is 9.18 Å². The van der Waals surface area contributed by atoms with E-state index in [1.54, 1.807) is 23.4 Å². The highest BCUT2D eigenvalue weighted by molar-refractivity contribution is 6.31. The number of fused-ring (bicyclic) bond motifs is 1. The van der Waals surface area contributed by atoms with Gasteiger partial charge in [0, 0.05) is 42.5 Å².